The summed E-state index contributed by atoms with van der Waals surface area (Å²) in [5, 5.41) is 8.03. The zero-order valence-corrected chi connectivity index (χ0v) is 10.6. The highest BCUT2D eigenvalue weighted by molar-refractivity contribution is 7.94. The lowest BCUT2D eigenvalue weighted by atomic mass is 9.97. The van der Waals surface area contributed by atoms with E-state index in [4.69, 9.17) is 10.8 Å². The Morgan fingerprint density at radius 3 is 2.53 bits per heavy atom. The van der Waals surface area contributed by atoms with Crippen molar-refractivity contribution < 1.29 is 23.1 Å². The molecule has 1 unspecified atom stereocenters. The number of carbonyl (C=O) groups excluding carboxylic acids is 1. The van der Waals surface area contributed by atoms with Crippen molar-refractivity contribution in [2.45, 2.75) is 29.5 Å². The highest BCUT2D eigenvalue weighted by atomic mass is 35.5. The van der Waals surface area contributed by atoms with E-state index in [-0.39, 0.29) is 25.4 Å². The SMILES string of the molecule is CC1(CN)[C@H](C(=O)O)N2C(=O)C[C@H]2S1(=O)=O.Cl. The molecule has 3 N–H and O–H groups in total. The molecule has 17 heavy (non-hydrogen) atoms. The Morgan fingerprint density at radius 1 is 1.65 bits per heavy atom. The average molecular weight is 285 g/mol. The zero-order valence-electron chi connectivity index (χ0n) is 8.99. The molecule has 98 valence electrons. The molecule has 2 fully saturated rings. The van der Waals surface area contributed by atoms with Crippen molar-refractivity contribution in [1.29, 1.82) is 0 Å². The first-order valence-corrected chi connectivity index (χ1v) is 6.29. The zero-order chi connectivity index (χ0) is 12.3. The first-order valence-electron chi connectivity index (χ1n) is 4.75. The molecule has 1 amide bonds. The predicted molar refractivity (Wildman–Crippen MR) is 60.3 cm³/mol. The van der Waals surface area contributed by atoms with E-state index in [1.807, 2.05) is 0 Å². The molecule has 2 aliphatic rings. The molecule has 0 saturated carbocycles. The van der Waals surface area contributed by atoms with Crippen molar-refractivity contribution in [3.63, 3.8) is 0 Å². The summed E-state index contributed by atoms with van der Waals surface area (Å²) < 4.78 is 22.5. The summed E-state index contributed by atoms with van der Waals surface area (Å²) in [7, 11) is -3.71. The fourth-order valence-corrected chi connectivity index (χ4v) is 4.62. The van der Waals surface area contributed by atoms with Crippen LogP contribution in [-0.2, 0) is 19.4 Å². The van der Waals surface area contributed by atoms with E-state index in [1.54, 1.807) is 0 Å². The highest BCUT2D eigenvalue weighted by Gasteiger charge is 2.69. The van der Waals surface area contributed by atoms with E-state index in [1.165, 1.54) is 6.92 Å². The number of aliphatic carboxylic acids is 1. The molecule has 0 aromatic heterocycles. The van der Waals surface area contributed by atoms with Crippen LogP contribution in [-0.4, -0.2) is 53.0 Å². The normalized spacial score (nSPS) is 38.0. The number of carboxylic acid groups (broad SMARTS) is 1. The first kappa shape index (κ1) is 14.2. The third-order valence-corrected chi connectivity index (χ3v) is 6.25. The van der Waals surface area contributed by atoms with Crippen molar-refractivity contribution in [2.24, 2.45) is 5.73 Å². The second-order valence-electron chi connectivity index (χ2n) is 4.26. The number of nitrogens with two attached hydrogens (primary N) is 1. The van der Waals surface area contributed by atoms with E-state index < -0.39 is 37.9 Å². The van der Waals surface area contributed by atoms with Gasteiger partial charge in [0.25, 0.3) is 0 Å². The summed E-state index contributed by atoms with van der Waals surface area (Å²) in [6.45, 7) is 0.972. The van der Waals surface area contributed by atoms with Crippen LogP contribution in [0.25, 0.3) is 0 Å². The minimum Gasteiger partial charge on any atom is -0.480 e. The molecular weight excluding hydrogens is 272 g/mol. The van der Waals surface area contributed by atoms with Crippen molar-refractivity contribution >= 4 is 34.1 Å². The second-order valence-corrected chi connectivity index (χ2v) is 6.83. The van der Waals surface area contributed by atoms with Crippen LogP contribution >= 0.6 is 12.4 Å². The second kappa shape index (κ2) is 3.82. The number of amides is 1. The number of carbonyl (C=O) groups is 2. The molecule has 7 nitrogen and oxygen atoms in total. The Morgan fingerprint density at radius 2 is 2.18 bits per heavy atom. The molecule has 0 aromatic carbocycles. The van der Waals surface area contributed by atoms with Crippen LogP contribution in [0.5, 0.6) is 0 Å². The number of sulfone groups is 1. The van der Waals surface area contributed by atoms with Gasteiger partial charge in [0.05, 0.1) is 6.42 Å². The molecule has 2 saturated heterocycles. The van der Waals surface area contributed by atoms with Crippen LogP contribution in [0.2, 0.25) is 0 Å². The molecule has 0 aliphatic carbocycles. The minimum absolute atomic E-state index is 0. The monoisotopic (exact) mass is 284 g/mol. The number of halogens is 1. The molecule has 0 radical (unpaired) electrons. The predicted octanol–water partition coefficient (Wildman–Crippen LogP) is -1.43. The molecule has 0 spiro atoms. The number of nitrogens with zero attached hydrogens (tertiary/aromatic N) is 1. The molecule has 2 rings (SSSR count). The maximum atomic E-state index is 12.0. The van der Waals surface area contributed by atoms with Crippen molar-refractivity contribution in [3.05, 3.63) is 0 Å². The maximum absolute atomic E-state index is 12.0. The number of β-lactam (4-membered cyclic amide) rings is 1. The number of hydrogen-bond donors (Lipinski definition) is 2. The standard InChI is InChI=1S/C8H12N2O5S.ClH/c1-8(3-9)6(7(12)13)10-4(11)2-5(10)16(8,14)15;/h5-6H,2-3,9H2,1H3,(H,12,13);1H/t5-,6+,8?;/m1./s1. The van der Waals surface area contributed by atoms with Gasteiger partial charge in [0.1, 0.15) is 10.1 Å². The van der Waals surface area contributed by atoms with Crippen molar-refractivity contribution in [3.8, 4) is 0 Å². The lowest BCUT2D eigenvalue weighted by Crippen LogP contribution is -2.58. The molecule has 9 heteroatoms. The Bertz CT molecular complexity index is 478. The number of carboxylic acids is 1. The lowest BCUT2D eigenvalue weighted by Gasteiger charge is -2.35. The molecule has 2 aliphatic heterocycles. The van der Waals surface area contributed by atoms with E-state index in [0.717, 1.165) is 4.90 Å². The summed E-state index contributed by atoms with van der Waals surface area (Å²) in [6, 6.07) is -1.37. The van der Waals surface area contributed by atoms with E-state index >= 15 is 0 Å². The van der Waals surface area contributed by atoms with Gasteiger partial charge < -0.3 is 15.7 Å². The van der Waals surface area contributed by atoms with Gasteiger partial charge in [-0.15, -0.1) is 12.4 Å². The van der Waals surface area contributed by atoms with Gasteiger partial charge in [-0.25, -0.2) is 13.2 Å². The van der Waals surface area contributed by atoms with E-state index in [9.17, 15) is 18.0 Å². The van der Waals surface area contributed by atoms with E-state index in [0.29, 0.717) is 0 Å². The molecular formula is C8H13ClN2O5S. The Balaban J connectivity index is 0.00000144. The summed E-state index contributed by atoms with van der Waals surface area (Å²) >= 11 is 0. The van der Waals surface area contributed by atoms with Crippen LogP contribution < -0.4 is 5.73 Å². The highest BCUT2D eigenvalue weighted by Crippen LogP contribution is 2.45. The topological polar surface area (TPSA) is 118 Å². The van der Waals surface area contributed by atoms with Crippen LogP contribution in [0.15, 0.2) is 0 Å². The summed E-state index contributed by atoms with van der Waals surface area (Å²) in [6.07, 6.45) is -0.137. The van der Waals surface area contributed by atoms with Crippen LogP contribution in [0.4, 0.5) is 0 Å². The third kappa shape index (κ3) is 1.40. The van der Waals surface area contributed by atoms with Gasteiger partial charge >= 0.3 is 5.97 Å². The van der Waals surface area contributed by atoms with Gasteiger partial charge in [-0.3, -0.25) is 4.79 Å². The van der Waals surface area contributed by atoms with Crippen LogP contribution in [0.1, 0.15) is 13.3 Å². The van der Waals surface area contributed by atoms with Gasteiger partial charge in [-0.2, -0.15) is 0 Å². The Hall–Kier alpha value is -0.860. The smallest absolute Gasteiger partial charge is 0.328 e. The lowest BCUT2D eigenvalue weighted by molar-refractivity contribution is -0.157. The summed E-state index contributed by atoms with van der Waals surface area (Å²) in [5.41, 5.74) is 5.39. The summed E-state index contributed by atoms with van der Waals surface area (Å²) in [4.78, 5) is 23.3. The average Bonchev–Trinajstić information content (AvgIpc) is 2.32. The van der Waals surface area contributed by atoms with Crippen molar-refractivity contribution in [1.82, 2.24) is 4.90 Å². The molecule has 0 bridgehead atoms. The largest absolute Gasteiger partial charge is 0.480 e. The first-order chi connectivity index (χ1) is 7.27. The van der Waals surface area contributed by atoms with Crippen molar-refractivity contribution in [2.75, 3.05) is 6.54 Å². The van der Waals surface area contributed by atoms with Crippen LogP contribution in [0, 0.1) is 0 Å². The van der Waals surface area contributed by atoms with Gasteiger partial charge in [0.15, 0.2) is 15.9 Å². The Kier molecular flexibility index (Phi) is 3.19. The molecule has 2 heterocycles. The van der Waals surface area contributed by atoms with Gasteiger partial charge in [0.2, 0.25) is 5.91 Å². The fraction of sp³-hybridized carbons (Fsp3) is 0.750. The number of rotatable bonds is 2. The maximum Gasteiger partial charge on any atom is 0.328 e. The number of hydrogen-bond acceptors (Lipinski definition) is 5. The minimum atomic E-state index is -3.71. The van der Waals surface area contributed by atoms with Crippen LogP contribution in [0.3, 0.4) is 0 Å². The molecule has 3 atom stereocenters. The molecule has 0 aromatic rings. The van der Waals surface area contributed by atoms with Gasteiger partial charge in [0, 0.05) is 6.54 Å². The third-order valence-electron chi connectivity index (χ3n) is 3.45. The fourth-order valence-electron chi connectivity index (χ4n) is 2.34. The quantitative estimate of drug-likeness (QED) is 0.600. The van der Waals surface area contributed by atoms with E-state index in [2.05, 4.69) is 0 Å². The van der Waals surface area contributed by atoms with Gasteiger partial charge in [-0.1, -0.05) is 0 Å². The summed E-state index contributed by atoms with van der Waals surface area (Å²) in [5.74, 6) is -1.77. The Labute approximate surface area is 104 Å². The van der Waals surface area contributed by atoms with Gasteiger partial charge in [-0.05, 0) is 6.92 Å². The number of fused-ring (bicyclic) bond motifs is 1.